The van der Waals surface area contributed by atoms with E-state index in [-0.39, 0.29) is 30.9 Å². The van der Waals surface area contributed by atoms with Crippen molar-refractivity contribution in [2.75, 3.05) is 39.2 Å². The van der Waals surface area contributed by atoms with Crippen LogP contribution in [0.4, 0.5) is 5.82 Å². The summed E-state index contributed by atoms with van der Waals surface area (Å²) in [7, 11) is 1.55. The molecular formula is C26H37N9O5. The Bertz CT molecular complexity index is 1410. The SMILES string of the molecule is COCCOc1nc(N)c2[nH]c(=O)n(Cc3ccc(C(=O)NC(C)(C)CCOC(C)(C)CCN=[N+]=[N-])cc3)c2n1. The molecule has 216 valence electrons. The Kier molecular flexibility index (Phi) is 10.1. The summed E-state index contributed by atoms with van der Waals surface area (Å²) in [6, 6.07) is 7.02. The Morgan fingerprint density at radius 3 is 2.55 bits per heavy atom. The van der Waals surface area contributed by atoms with Gasteiger partial charge in [0.2, 0.25) is 0 Å². The number of methoxy groups -OCH3 is 1. The number of nitrogens with zero attached hydrogens (tertiary/aromatic N) is 6. The number of amides is 1. The van der Waals surface area contributed by atoms with Crippen molar-refractivity contribution in [3.8, 4) is 6.01 Å². The summed E-state index contributed by atoms with van der Waals surface area (Å²) in [6.45, 7) is 9.32. The number of aromatic nitrogens is 4. The van der Waals surface area contributed by atoms with Crippen LogP contribution in [-0.4, -0.2) is 70.0 Å². The van der Waals surface area contributed by atoms with Crippen LogP contribution in [0, 0.1) is 0 Å². The Labute approximate surface area is 231 Å². The van der Waals surface area contributed by atoms with E-state index in [1.54, 1.807) is 31.4 Å². The number of anilines is 1. The van der Waals surface area contributed by atoms with Crippen molar-refractivity contribution in [2.24, 2.45) is 5.11 Å². The highest BCUT2D eigenvalue weighted by Gasteiger charge is 2.24. The number of H-pyrrole nitrogens is 1. The van der Waals surface area contributed by atoms with Gasteiger partial charge in [-0.2, -0.15) is 9.97 Å². The molecule has 3 rings (SSSR count). The summed E-state index contributed by atoms with van der Waals surface area (Å²) in [5.41, 5.74) is 15.0. The van der Waals surface area contributed by atoms with E-state index in [0.717, 1.165) is 5.56 Å². The lowest BCUT2D eigenvalue weighted by atomic mass is 9.99. The van der Waals surface area contributed by atoms with Gasteiger partial charge in [0.1, 0.15) is 12.1 Å². The van der Waals surface area contributed by atoms with E-state index < -0.39 is 16.8 Å². The standard InChI is InChI=1S/C26H37N9O5/c1-25(2,11-13-40-26(3,4)10-12-29-34-28)33-22(36)18-8-6-17(7-9-18)16-35-21-19(30-24(35)37)20(27)31-23(32-21)39-15-14-38-5/h6-9H,10-16H2,1-5H3,(H,30,37)(H,33,36)(H2,27,31,32). The van der Waals surface area contributed by atoms with Gasteiger partial charge in [-0.25, -0.2) is 4.79 Å². The van der Waals surface area contributed by atoms with E-state index in [1.807, 2.05) is 27.7 Å². The van der Waals surface area contributed by atoms with Crippen LogP contribution in [0.2, 0.25) is 0 Å². The van der Waals surface area contributed by atoms with Crippen molar-refractivity contribution in [3.05, 3.63) is 56.3 Å². The van der Waals surface area contributed by atoms with Crippen molar-refractivity contribution < 1.29 is 19.0 Å². The molecule has 0 spiro atoms. The number of carbonyl (C=O) groups is 1. The molecule has 0 bridgehead atoms. The van der Waals surface area contributed by atoms with Gasteiger partial charge in [0.15, 0.2) is 11.5 Å². The largest absolute Gasteiger partial charge is 0.461 e. The van der Waals surface area contributed by atoms with Gasteiger partial charge in [-0.05, 0) is 63.8 Å². The van der Waals surface area contributed by atoms with Crippen molar-refractivity contribution in [1.82, 2.24) is 24.8 Å². The summed E-state index contributed by atoms with van der Waals surface area (Å²) >= 11 is 0. The number of ether oxygens (including phenoxy) is 3. The fourth-order valence-corrected chi connectivity index (χ4v) is 3.86. The molecule has 0 aliphatic rings. The van der Waals surface area contributed by atoms with Gasteiger partial charge in [-0.1, -0.05) is 17.2 Å². The zero-order chi connectivity index (χ0) is 29.3. The highest BCUT2D eigenvalue weighted by molar-refractivity contribution is 5.94. The topological polar surface area (TPSA) is 195 Å². The summed E-state index contributed by atoms with van der Waals surface area (Å²) in [5.74, 6) is -0.119. The molecule has 2 heterocycles. The third-order valence-corrected chi connectivity index (χ3v) is 6.25. The number of rotatable bonds is 15. The van der Waals surface area contributed by atoms with E-state index in [2.05, 4.69) is 30.3 Å². The van der Waals surface area contributed by atoms with E-state index >= 15 is 0 Å². The molecule has 3 aromatic rings. The van der Waals surface area contributed by atoms with Crippen LogP contribution in [0.3, 0.4) is 0 Å². The number of azide groups is 1. The van der Waals surface area contributed by atoms with Gasteiger partial charge < -0.3 is 30.2 Å². The number of aromatic amines is 1. The van der Waals surface area contributed by atoms with Crippen LogP contribution >= 0.6 is 0 Å². The van der Waals surface area contributed by atoms with Crippen LogP contribution in [0.5, 0.6) is 6.01 Å². The van der Waals surface area contributed by atoms with Gasteiger partial charge in [-0.3, -0.25) is 9.36 Å². The monoisotopic (exact) mass is 555 g/mol. The molecule has 0 saturated heterocycles. The molecule has 0 radical (unpaired) electrons. The number of fused-ring (bicyclic) bond motifs is 1. The minimum atomic E-state index is -0.517. The van der Waals surface area contributed by atoms with Gasteiger partial charge in [0.25, 0.3) is 5.91 Å². The Balaban J connectivity index is 1.63. The average Bonchev–Trinajstić information content (AvgIpc) is 3.19. The molecule has 0 unspecified atom stereocenters. The van der Waals surface area contributed by atoms with Gasteiger partial charge in [0.05, 0.1) is 18.8 Å². The van der Waals surface area contributed by atoms with E-state index in [4.69, 9.17) is 25.5 Å². The number of hydrogen-bond acceptors (Lipinski definition) is 9. The molecule has 40 heavy (non-hydrogen) atoms. The summed E-state index contributed by atoms with van der Waals surface area (Å²) in [6.07, 6.45) is 1.19. The highest BCUT2D eigenvalue weighted by atomic mass is 16.5. The predicted octanol–water partition coefficient (Wildman–Crippen LogP) is 3.17. The molecule has 0 saturated carbocycles. The summed E-state index contributed by atoms with van der Waals surface area (Å²) < 4.78 is 17.8. The maximum Gasteiger partial charge on any atom is 0.328 e. The first-order chi connectivity index (χ1) is 18.9. The third kappa shape index (κ3) is 8.43. The number of imidazole rings is 1. The minimum Gasteiger partial charge on any atom is -0.461 e. The zero-order valence-electron chi connectivity index (χ0n) is 23.6. The fraction of sp³-hybridized carbons (Fsp3) is 0.538. The number of nitrogens with two attached hydrogens (primary N) is 1. The normalized spacial score (nSPS) is 11.8. The van der Waals surface area contributed by atoms with Crippen molar-refractivity contribution in [1.29, 1.82) is 0 Å². The molecule has 1 aromatic carbocycles. The predicted molar refractivity (Wildman–Crippen MR) is 150 cm³/mol. The smallest absolute Gasteiger partial charge is 0.328 e. The number of benzene rings is 1. The zero-order valence-corrected chi connectivity index (χ0v) is 23.6. The molecular weight excluding hydrogens is 518 g/mol. The summed E-state index contributed by atoms with van der Waals surface area (Å²) in [5, 5.41) is 6.60. The van der Waals surface area contributed by atoms with Gasteiger partial charge in [0, 0.05) is 36.3 Å². The van der Waals surface area contributed by atoms with Crippen LogP contribution in [0.1, 0.15) is 56.5 Å². The molecule has 1 amide bonds. The molecule has 14 nitrogen and oxygen atoms in total. The molecule has 0 fully saturated rings. The van der Waals surface area contributed by atoms with Crippen LogP contribution in [0.15, 0.2) is 34.2 Å². The first-order valence-corrected chi connectivity index (χ1v) is 12.9. The second-order valence-electron chi connectivity index (χ2n) is 10.5. The summed E-state index contributed by atoms with van der Waals surface area (Å²) in [4.78, 5) is 39.4. The second kappa shape index (κ2) is 13.3. The third-order valence-electron chi connectivity index (χ3n) is 6.25. The van der Waals surface area contributed by atoms with Gasteiger partial charge in [-0.15, -0.1) is 0 Å². The van der Waals surface area contributed by atoms with Crippen molar-refractivity contribution >= 4 is 22.9 Å². The minimum absolute atomic E-state index is 0.0477. The van der Waals surface area contributed by atoms with E-state index in [9.17, 15) is 9.59 Å². The fourth-order valence-electron chi connectivity index (χ4n) is 3.86. The average molecular weight is 556 g/mol. The molecule has 0 aliphatic heterocycles. The lowest BCUT2D eigenvalue weighted by molar-refractivity contribution is -0.0286. The Morgan fingerprint density at radius 1 is 1.15 bits per heavy atom. The maximum absolute atomic E-state index is 12.9. The number of hydrogen-bond donors (Lipinski definition) is 3. The number of nitrogen functional groups attached to an aromatic ring is 1. The number of nitrogens with one attached hydrogen (secondary N) is 2. The van der Waals surface area contributed by atoms with Gasteiger partial charge >= 0.3 is 11.7 Å². The first-order valence-electron chi connectivity index (χ1n) is 12.9. The van der Waals surface area contributed by atoms with Crippen molar-refractivity contribution in [3.63, 3.8) is 0 Å². The lowest BCUT2D eigenvalue weighted by Gasteiger charge is -2.30. The molecule has 0 aliphatic carbocycles. The number of carbonyl (C=O) groups excluding carboxylic acids is 1. The van der Waals surface area contributed by atoms with E-state index in [1.165, 1.54) is 4.57 Å². The quantitative estimate of drug-likeness (QED) is 0.110. The van der Waals surface area contributed by atoms with Crippen LogP contribution in [-0.2, 0) is 16.0 Å². The maximum atomic E-state index is 12.9. The lowest BCUT2D eigenvalue weighted by Crippen LogP contribution is -2.44. The first kappa shape index (κ1) is 30.4. The van der Waals surface area contributed by atoms with E-state index in [0.29, 0.717) is 49.3 Å². The Morgan fingerprint density at radius 2 is 1.88 bits per heavy atom. The van der Waals surface area contributed by atoms with Crippen molar-refractivity contribution in [2.45, 2.75) is 58.2 Å². The molecule has 4 N–H and O–H groups in total. The van der Waals surface area contributed by atoms with Crippen LogP contribution in [0.25, 0.3) is 21.6 Å². The highest BCUT2D eigenvalue weighted by Crippen LogP contribution is 2.20. The Hall–Kier alpha value is -4.13. The van der Waals surface area contributed by atoms with Crippen LogP contribution < -0.4 is 21.5 Å². The molecule has 2 aromatic heterocycles. The molecule has 0 atom stereocenters. The molecule has 14 heteroatoms. The second-order valence-corrected chi connectivity index (χ2v) is 10.5.